The molecule has 0 aliphatic heterocycles. The molecule has 2 aromatic carbocycles. The summed E-state index contributed by atoms with van der Waals surface area (Å²) in [5.74, 6) is 0. The minimum absolute atomic E-state index is 0.212. The van der Waals surface area contributed by atoms with E-state index in [2.05, 4.69) is 4.72 Å². The zero-order chi connectivity index (χ0) is 13.9. The van der Waals surface area contributed by atoms with Crippen molar-refractivity contribution in [2.24, 2.45) is 0 Å². The van der Waals surface area contributed by atoms with Gasteiger partial charge in [0.05, 0.1) is 4.90 Å². The quantitative estimate of drug-likeness (QED) is 0.842. The van der Waals surface area contributed by atoms with Crippen LogP contribution < -0.4 is 10.5 Å². The van der Waals surface area contributed by atoms with Gasteiger partial charge in [-0.2, -0.15) is 0 Å². The van der Waals surface area contributed by atoms with E-state index >= 15 is 0 Å². The van der Waals surface area contributed by atoms with Gasteiger partial charge in [-0.1, -0.05) is 30.3 Å². The molecule has 0 bridgehead atoms. The lowest BCUT2D eigenvalue weighted by molar-refractivity contribution is 0.567. The lowest BCUT2D eigenvalue weighted by atomic mass is 10.1. The van der Waals surface area contributed by atoms with Crippen LogP contribution in [0.4, 0.5) is 5.69 Å². The standard InChI is InChI=1S/C14H16N2O2S/c1-11(12-5-3-2-4-6-12)16-19(17,18)14-9-7-13(15)8-10-14/h2-11,16H,15H2,1H3/t11-/m1/s1. The largest absolute Gasteiger partial charge is 0.399 e. The van der Waals surface area contributed by atoms with Crippen LogP contribution in [-0.4, -0.2) is 8.42 Å². The smallest absolute Gasteiger partial charge is 0.241 e. The summed E-state index contributed by atoms with van der Waals surface area (Å²) in [6.45, 7) is 1.81. The second kappa shape index (κ2) is 5.42. The van der Waals surface area contributed by atoms with Crippen LogP contribution in [0.5, 0.6) is 0 Å². The molecule has 0 aliphatic rings. The molecule has 5 heteroatoms. The first-order valence-corrected chi connectivity index (χ1v) is 7.40. The molecule has 19 heavy (non-hydrogen) atoms. The summed E-state index contributed by atoms with van der Waals surface area (Å²) in [7, 11) is -3.53. The van der Waals surface area contributed by atoms with Gasteiger partial charge < -0.3 is 5.73 Å². The maximum Gasteiger partial charge on any atom is 0.241 e. The van der Waals surface area contributed by atoms with Crippen molar-refractivity contribution < 1.29 is 8.42 Å². The van der Waals surface area contributed by atoms with Gasteiger partial charge in [0.25, 0.3) is 0 Å². The summed E-state index contributed by atoms with van der Waals surface area (Å²) >= 11 is 0. The molecule has 1 atom stereocenters. The monoisotopic (exact) mass is 276 g/mol. The van der Waals surface area contributed by atoms with Gasteiger partial charge in [0.1, 0.15) is 0 Å². The zero-order valence-electron chi connectivity index (χ0n) is 10.6. The fraction of sp³-hybridized carbons (Fsp3) is 0.143. The molecule has 0 fully saturated rings. The summed E-state index contributed by atoms with van der Waals surface area (Å²) in [5.41, 5.74) is 7.00. The Labute approximate surface area is 113 Å². The normalized spacial score (nSPS) is 13.1. The summed E-state index contributed by atoms with van der Waals surface area (Å²) in [6.07, 6.45) is 0. The Kier molecular flexibility index (Phi) is 3.87. The minimum Gasteiger partial charge on any atom is -0.399 e. The van der Waals surface area contributed by atoms with Crippen molar-refractivity contribution in [3.05, 3.63) is 60.2 Å². The van der Waals surface area contributed by atoms with Crippen LogP contribution in [-0.2, 0) is 10.0 Å². The number of benzene rings is 2. The first-order chi connectivity index (χ1) is 8.99. The molecule has 3 N–H and O–H groups in total. The second-order valence-electron chi connectivity index (χ2n) is 4.32. The number of sulfonamides is 1. The average molecular weight is 276 g/mol. The van der Waals surface area contributed by atoms with Crippen molar-refractivity contribution >= 4 is 15.7 Å². The summed E-state index contributed by atoms with van der Waals surface area (Å²) in [4.78, 5) is 0.212. The third-order valence-electron chi connectivity index (χ3n) is 2.82. The molecule has 4 nitrogen and oxygen atoms in total. The summed E-state index contributed by atoms with van der Waals surface area (Å²) in [6, 6.07) is 15.3. The molecular weight excluding hydrogens is 260 g/mol. The molecule has 0 aromatic heterocycles. The molecule has 0 radical (unpaired) electrons. The summed E-state index contributed by atoms with van der Waals surface area (Å²) < 4.78 is 27.0. The Hall–Kier alpha value is -1.85. The van der Waals surface area contributed by atoms with E-state index in [1.165, 1.54) is 12.1 Å². The van der Waals surface area contributed by atoms with E-state index in [1.54, 1.807) is 12.1 Å². The Morgan fingerprint density at radius 2 is 1.58 bits per heavy atom. The number of hydrogen-bond donors (Lipinski definition) is 2. The van der Waals surface area contributed by atoms with Crippen LogP contribution in [0.15, 0.2) is 59.5 Å². The maximum atomic E-state index is 12.2. The first-order valence-electron chi connectivity index (χ1n) is 5.92. The van der Waals surface area contributed by atoms with Crippen molar-refractivity contribution in [1.29, 1.82) is 0 Å². The number of hydrogen-bond acceptors (Lipinski definition) is 3. The van der Waals surface area contributed by atoms with E-state index < -0.39 is 10.0 Å². The highest BCUT2D eigenvalue weighted by Gasteiger charge is 2.17. The van der Waals surface area contributed by atoms with Crippen LogP contribution in [0.2, 0.25) is 0 Å². The zero-order valence-corrected chi connectivity index (χ0v) is 11.4. The Balaban J connectivity index is 2.20. The fourth-order valence-electron chi connectivity index (χ4n) is 1.76. The molecule has 100 valence electrons. The average Bonchev–Trinajstić information content (AvgIpc) is 2.40. The van der Waals surface area contributed by atoms with Crippen molar-refractivity contribution in [3.8, 4) is 0 Å². The third-order valence-corrected chi connectivity index (χ3v) is 4.38. The van der Waals surface area contributed by atoms with Gasteiger partial charge in [-0.05, 0) is 36.8 Å². The molecule has 0 unspecified atom stereocenters. The topological polar surface area (TPSA) is 72.2 Å². The molecule has 2 aromatic rings. The van der Waals surface area contributed by atoms with E-state index in [0.717, 1.165) is 5.56 Å². The number of rotatable bonds is 4. The highest BCUT2D eigenvalue weighted by Crippen LogP contribution is 2.17. The number of nitrogen functional groups attached to an aromatic ring is 1. The van der Waals surface area contributed by atoms with E-state index in [4.69, 9.17) is 5.73 Å². The van der Waals surface area contributed by atoms with Crippen molar-refractivity contribution in [1.82, 2.24) is 4.72 Å². The molecule has 0 saturated heterocycles. The molecule has 0 heterocycles. The molecular formula is C14H16N2O2S. The first kappa shape index (κ1) is 13.6. The van der Waals surface area contributed by atoms with Crippen molar-refractivity contribution in [2.75, 3.05) is 5.73 Å². The molecule has 0 amide bonds. The highest BCUT2D eigenvalue weighted by atomic mass is 32.2. The minimum atomic E-state index is -3.53. The van der Waals surface area contributed by atoms with Gasteiger partial charge in [0.2, 0.25) is 10.0 Å². The molecule has 0 aliphatic carbocycles. The van der Waals surface area contributed by atoms with Gasteiger partial charge in [0, 0.05) is 11.7 Å². The van der Waals surface area contributed by atoms with Crippen molar-refractivity contribution in [3.63, 3.8) is 0 Å². The van der Waals surface area contributed by atoms with E-state index in [-0.39, 0.29) is 10.9 Å². The maximum absolute atomic E-state index is 12.2. The van der Waals surface area contributed by atoms with E-state index in [1.807, 2.05) is 37.3 Å². The summed E-state index contributed by atoms with van der Waals surface area (Å²) in [5, 5.41) is 0. The number of nitrogens with two attached hydrogens (primary N) is 1. The van der Waals surface area contributed by atoms with Crippen LogP contribution >= 0.6 is 0 Å². The van der Waals surface area contributed by atoms with E-state index in [0.29, 0.717) is 5.69 Å². The fourth-order valence-corrected chi connectivity index (χ4v) is 2.99. The van der Waals surface area contributed by atoms with Gasteiger partial charge in [-0.15, -0.1) is 0 Å². The van der Waals surface area contributed by atoms with Gasteiger partial charge >= 0.3 is 0 Å². The van der Waals surface area contributed by atoms with Crippen LogP contribution in [0.1, 0.15) is 18.5 Å². The number of nitrogens with one attached hydrogen (secondary N) is 1. The lowest BCUT2D eigenvalue weighted by Crippen LogP contribution is -2.26. The van der Waals surface area contributed by atoms with Gasteiger partial charge in [-0.25, -0.2) is 13.1 Å². The van der Waals surface area contributed by atoms with Crippen LogP contribution in [0.25, 0.3) is 0 Å². The molecule has 2 rings (SSSR count). The Morgan fingerprint density at radius 1 is 1.00 bits per heavy atom. The lowest BCUT2D eigenvalue weighted by Gasteiger charge is -2.14. The van der Waals surface area contributed by atoms with Gasteiger partial charge in [-0.3, -0.25) is 0 Å². The Morgan fingerprint density at radius 3 is 2.16 bits per heavy atom. The van der Waals surface area contributed by atoms with Gasteiger partial charge in [0.15, 0.2) is 0 Å². The predicted octanol–water partition coefficient (Wildman–Crippen LogP) is 2.31. The molecule has 0 spiro atoms. The predicted molar refractivity (Wildman–Crippen MR) is 76.0 cm³/mol. The number of anilines is 1. The van der Waals surface area contributed by atoms with Crippen molar-refractivity contribution in [2.45, 2.75) is 17.9 Å². The van der Waals surface area contributed by atoms with Crippen LogP contribution in [0.3, 0.4) is 0 Å². The second-order valence-corrected chi connectivity index (χ2v) is 6.04. The SMILES string of the molecule is C[C@@H](NS(=O)(=O)c1ccc(N)cc1)c1ccccc1. The Bertz CT molecular complexity index is 637. The van der Waals surface area contributed by atoms with Crippen LogP contribution in [0, 0.1) is 0 Å². The molecule has 0 saturated carbocycles. The third kappa shape index (κ3) is 3.33. The van der Waals surface area contributed by atoms with E-state index in [9.17, 15) is 8.42 Å². The highest BCUT2D eigenvalue weighted by molar-refractivity contribution is 7.89.